The fourth-order valence-electron chi connectivity index (χ4n) is 2.67. The van der Waals surface area contributed by atoms with Crippen LogP contribution in [0.3, 0.4) is 0 Å². The van der Waals surface area contributed by atoms with Crippen LogP contribution in [0.4, 0.5) is 10.5 Å². The smallest absolute Gasteiger partial charge is 0.329 e. The van der Waals surface area contributed by atoms with Crippen molar-refractivity contribution in [2.75, 3.05) is 11.9 Å². The lowest BCUT2D eigenvalue weighted by Crippen LogP contribution is -2.47. The molecule has 28 heavy (non-hydrogen) atoms. The average Bonchev–Trinajstić information content (AvgIpc) is 2.66. The minimum atomic E-state index is -0.866. The van der Waals surface area contributed by atoms with Gasteiger partial charge < -0.3 is 15.4 Å². The molecular weight excluding hydrogens is 356 g/mol. The van der Waals surface area contributed by atoms with E-state index in [2.05, 4.69) is 10.6 Å². The summed E-state index contributed by atoms with van der Waals surface area (Å²) in [5.41, 5.74) is 2.93. The van der Waals surface area contributed by atoms with Crippen LogP contribution in [0.25, 0.3) is 0 Å². The molecule has 6 heteroatoms. The minimum absolute atomic E-state index is 0.204. The molecule has 2 aromatic rings. The number of nitrogens with one attached hydrogen (secondary N) is 2. The van der Waals surface area contributed by atoms with Crippen LogP contribution in [-0.2, 0) is 9.53 Å². The summed E-state index contributed by atoms with van der Waals surface area (Å²) in [5.74, 6) is -1.12. The Hall–Kier alpha value is -3.15. The molecule has 0 aromatic heterocycles. The molecule has 0 heterocycles. The van der Waals surface area contributed by atoms with Crippen LogP contribution in [-0.4, -0.2) is 30.4 Å². The number of benzene rings is 2. The summed E-state index contributed by atoms with van der Waals surface area (Å²) < 4.78 is 5.20. The van der Waals surface area contributed by atoms with Crippen molar-refractivity contribution in [2.45, 2.75) is 33.7 Å². The van der Waals surface area contributed by atoms with E-state index in [1.165, 1.54) is 0 Å². The second-order valence-corrected chi connectivity index (χ2v) is 7.04. The monoisotopic (exact) mass is 382 g/mol. The fraction of sp³-hybridized carbons (Fsp3) is 0.318. The number of amides is 2. The zero-order valence-corrected chi connectivity index (χ0v) is 16.6. The molecule has 2 N–H and O–H groups in total. The van der Waals surface area contributed by atoms with E-state index >= 15 is 0 Å². The molecule has 0 aliphatic carbocycles. The van der Waals surface area contributed by atoms with Crippen molar-refractivity contribution in [2.24, 2.45) is 5.92 Å². The van der Waals surface area contributed by atoms with E-state index in [1.807, 2.05) is 32.0 Å². The van der Waals surface area contributed by atoms with Crippen LogP contribution in [0.15, 0.2) is 48.5 Å². The number of para-hydroxylation sites is 1. The average molecular weight is 382 g/mol. The fourth-order valence-corrected chi connectivity index (χ4v) is 2.67. The van der Waals surface area contributed by atoms with Gasteiger partial charge in [0.1, 0.15) is 6.04 Å². The highest BCUT2D eigenvalue weighted by atomic mass is 16.5. The van der Waals surface area contributed by atoms with Crippen molar-refractivity contribution in [1.82, 2.24) is 5.32 Å². The molecule has 0 saturated carbocycles. The number of hydrogen-bond donors (Lipinski definition) is 2. The van der Waals surface area contributed by atoms with Gasteiger partial charge in [0.05, 0.1) is 0 Å². The summed E-state index contributed by atoms with van der Waals surface area (Å²) in [6.07, 6.45) is 0. The van der Waals surface area contributed by atoms with Crippen molar-refractivity contribution in [3.05, 3.63) is 65.2 Å². The van der Waals surface area contributed by atoms with Crippen LogP contribution in [0, 0.1) is 19.8 Å². The lowest BCUT2D eigenvalue weighted by atomic mass is 10.0. The zero-order valence-electron chi connectivity index (χ0n) is 16.6. The van der Waals surface area contributed by atoms with Gasteiger partial charge in [-0.25, -0.2) is 9.59 Å². The molecule has 0 fully saturated rings. The van der Waals surface area contributed by atoms with Gasteiger partial charge in [0.25, 0.3) is 0 Å². The molecule has 0 spiro atoms. The Labute approximate surface area is 165 Å². The summed E-state index contributed by atoms with van der Waals surface area (Å²) in [5, 5.41) is 5.27. The predicted octanol–water partition coefficient (Wildman–Crippen LogP) is 3.88. The number of carbonyl (C=O) groups is 3. The minimum Gasteiger partial charge on any atom is -0.456 e. The molecule has 0 saturated heterocycles. The van der Waals surface area contributed by atoms with Gasteiger partial charge in [0, 0.05) is 11.3 Å². The number of carbonyl (C=O) groups excluding carboxylic acids is 3. The molecule has 0 aliphatic rings. The molecule has 1 atom stereocenters. The number of ketones is 1. The molecule has 2 rings (SSSR count). The van der Waals surface area contributed by atoms with Crippen LogP contribution in [0.2, 0.25) is 0 Å². The Morgan fingerprint density at radius 3 is 2.32 bits per heavy atom. The van der Waals surface area contributed by atoms with Crippen LogP contribution < -0.4 is 10.6 Å². The lowest BCUT2D eigenvalue weighted by Gasteiger charge is -2.21. The van der Waals surface area contributed by atoms with Crippen molar-refractivity contribution in [1.29, 1.82) is 0 Å². The molecule has 0 unspecified atom stereocenters. The number of hydrogen-bond acceptors (Lipinski definition) is 4. The van der Waals surface area contributed by atoms with Crippen molar-refractivity contribution < 1.29 is 19.1 Å². The summed E-state index contributed by atoms with van der Waals surface area (Å²) >= 11 is 0. The number of urea groups is 1. The van der Waals surface area contributed by atoms with E-state index in [-0.39, 0.29) is 18.3 Å². The number of aryl methyl sites for hydroxylation is 2. The summed E-state index contributed by atoms with van der Waals surface area (Å²) in [6.45, 7) is 6.95. The SMILES string of the molecule is Cc1ccc(C)c(C(=O)COC(=O)[C@@H](NC(=O)Nc2ccccc2)C(C)C)c1. The van der Waals surface area contributed by atoms with E-state index in [0.717, 1.165) is 11.1 Å². The highest BCUT2D eigenvalue weighted by Gasteiger charge is 2.26. The van der Waals surface area contributed by atoms with Gasteiger partial charge in [-0.3, -0.25) is 4.79 Å². The first kappa shape index (κ1) is 21.2. The number of Topliss-reactive ketones (excluding diaryl/α,β-unsaturated/α-hetero) is 1. The maximum absolute atomic E-state index is 12.4. The normalized spacial score (nSPS) is 11.6. The summed E-state index contributed by atoms with van der Waals surface area (Å²) in [7, 11) is 0. The first-order valence-electron chi connectivity index (χ1n) is 9.17. The van der Waals surface area contributed by atoms with E-state index in [1.54, 1.807) is 44.2 Å². The number of anilines is 1. The topological polar surface area (TPSA) is 84.5 Å². The number of esters is 1. The van der Waals surface area contributed by atoms with E-state index < -0.39 is 18.0 Å². The largest absolute Gasteiger partial charge is 0.456 e. The highest BCUT2D eigenvalue weighted by molar-refractivity contribution is 6.00. The van der Waals surface area contributed by atoms with Gasteiger partial charge in [-0.15, -0.1) is 0 Å². The highest BCUT2D eigenvalue weighted by Crippen LogP contribution is 2.12. The standard InChI is InChI=1S/C22H26N2O4/c1-14(2)20(24-22(27)23-17-8-6-5-7-9-17)21(26)28-13-19(25)18-12-15(3)10-11-16(18)4/h5-12,14,20H,13H2,1-4H3,(H2,23,24,27)/t20-/m0/s1. The van der Waals surface area contributed by atoms with E-state index in [0.29, 0.717) is 11.3 Å². The third-order valence-corrected chi connectivity index (χ3v) is 4.28. The molecule has 148 valence electrons. The van der Waals surface area contributed by atoms with Gasteiger partial charge in [0.15, 0.2) is 6.61 Å². The molecule has 0 aliphatic heterocycles. The van der Waals surface area contributed by atoms with Gasteiger partial charge in [-0.05, 0) is 43.5 Å². The zero-order chi connectivity index (χ0) is 20.7. The Kier molecular flexibility index (Phi) is 7.32. The van der Waals surface area contributed by atoms with Crippen molar-refractivity contribution in [3.63, 3.8) is 0 Å². The number of ether oxygens (including phenoxy) is 1. The molecule has 6 nitrogen and oxygen atoms in total. The van der Waals surface area contributed by atoms with Crippen LogP contribution in [0.5, 0.6) is 0 Å². The lowest BCUT2D eigenvalue weighted by molar-refractivity contribution is -0.145. The maximum Gasteiger partial charge on any atom is 0.329 e. The first-order chi connectivity index (χ1) is 13.3. The summed E-state index contributed by atoms with van der Waals surface area (Å²) in [4.78, 5) is 37.0. The Bertz CT molecular complexity index is 847. The quantitative estimate of drug-likeness (QED) is 0.562. The Morgan fingerprint density at radius 1 is 1.00 bits per heavy atom. The van der Waals surface area contributed by atoms with Gasteiger partial charge in [0.2, 0.25) is 5.78 Å². The first-order valence-corrected chi connectivity index (χ1v) is 9.17. The molecular formula is C22H26N2O4. The molecule has 2 aromatic carbocycles. The molecule has 0 radical (unpaired) electrons. The van der Waals surface area contributed by atoms with Crippen LogP contribution in [0.1, 0.15) is 35.3 Å². The van der Waals surface area contributed by atoms with E-state index in [4.69, 9.17) is 4.74 Å². The second-order valence-electron chi connectivity index (χ2n) is 7.04. The van der Waals surface area contributed by atoms with E-state index in [9.17, 15) is 14.4 Å². The van der Waals surface area contributed by atoms with Gasteiger partial charge in [-0.2, -0.15) is 0 Å². The van der Waals surface area contributed by atoms with Gasteiger partial charge in [-0.1, -0.05) is 49.7 Å². The number of rotatable bonds is 7. The van der Waals surface area contributed by atoms with Crippen molar-refractivity contribution >= 4 is 23.5 Å². The molecule has 2 amide bonds. The third-order valence-electron chi connectivity index (χ3n) is 4.28. The third kappa shape index (κ3) is 5.94. The predicted molar refractivity (Wildman–Crippen MR) is 108 cm³/mol. The maximum atomic E-state index is 12.4. The Balaban J connectivity index is 1.96. The Morgan fingerprint density at radius 2 is 1.68 bits per heavy atom. The van der Waals surface area contributed by atoms with Gasteiger partial charge >= 0.3 is 12.0 Å². The second kappa shape index (κ2) is 9.69. The van der Waals surface area contributed by atoms with Crippen LogP contribution >= 0.6 is 0 Å². The molecule has 0 bridgehead atoms. The van der Waals surface area contributed by atoms with Crippen molar-refractivity contribution in [3.8, 4) is 0 Å². The summed E-state index contributed by atoms with van der Waals surface area (Å²) in [6, 6.07) is 13.1.